The molecule has 1 aliphatic carbocycles. The van der Waals surface area contributed by atoms with Crippen molar-refractivity contribution in [1.82, 2.24) is 4.98 Å². The van der Waals surface area contributed by atoms with E-state index in [4.69, 9.17) is 0 Å². The molecule has 0 amide bonds. The molecule has 0 unspecified atom stereocenters. The van der Waals surface area contributed by atoms with Gasteiger partial charge in [0, 0.05) is 6.20 Å². The van der Waals surface area contributed by atoms with Gasteiger partial charge in [0.25, 0.3) is 0 Å². The van der Waals surface area contributed by atoms with Crippen LogP contribution in [-0.4, -0.2) is 11.3 Å². The van der Waals surface area contributed by atoms with E-state index in [0.717, 1.165) is 11.8 Å². The minimum atomic E-state index is 0.596. The van der Waals surface area contributed by atoms with Crippen LogP contribution in [0.25, 0.3) is 0 Å². The Hall–Kier alpha value is -1.18. The summed E-state index contributed by atoms with van der Waals surface area (Å²) in [6.45, 7) is 0. The number of rotatable bonds is 2. The van der Waals surface area contributed by atoms with Gasteiger partial charge in [-0.2, -0.15) is 0 Å². The first kappa shape index (κ1) is 7.47. The Kier molecular flexibility index (Phi) is 1.90. The van der Waals surface area contributed by atoms with Gasteiger partial charge in [0.05, 0.1) is 0 Å². The fourth-order valence-corrected chi connectivity index (χ4v) is 1.59. The summed E-state index contributed by atoms with van der Waals surface area (Å²) in [5.41, 5.74) is 1.76. The molecule has 62 valence electrons. The van der Waals surface area contributed by atoms with Crippen molar-refractivity contribution in [3.05, 3.63) is 29.6 Å². The van der Waals surface area contributed by atoms with Crippen molar-refractivity contribution in [1.29, 1.82) is 0 Å². The van der Waals surface area contributed by atoms with E-state index < -0.39 is 0 Å². The quantitative estimate of drug-likeness (QED) is 0.622. The summed E-state index contributed by atoms with van der Waals surface area (Å²) < 4.78 is 0. The maximum Gasteiger partial charge on any atom is 0.168 e. The van der Waals surface area contributed by atoms with Crippen LogP contribution in [0.4, 0.5) is 0 Å². The predicted octanol–water partition coefficient (Wildman–Crippen LogP) is 2.16. The average molecular weight is 161 g/mol. The van der Waals surface area contributed by atoms with Crippen LogP contribution in [0.5, 0.6) is 0 Å². The number of carbonyl (C=O) groups is 1. The summed E-state index contributed by atoms with van der Waals surface area (Å²) >= 11 is 0. The highest BCUT2D eigenvalue weighted by molar-refractivity contribution is 5.74. The van der Waals surface area contributed by atoms with E-state index in [0.29, 0.717) is 11.6 Å². The highest BCUT2D eigenvalue weighted by Crippen LogP contribution is 2.36. The predicted molar refractivity (Wildman–Crippen MR) is 46.2 cm³/mol. The second-order valence-corrected chi connectivity index (χ2v) is 3.22. The first-order valence-electron chi connectivity index (χ1n) is 4.32. The van der Waals surface area contributed by atoms with Crippen LogP contribution in [-0.2, 0) is 0 Å². The molecule has 0 radical (unpaired) electrons. The van der Waals surface area contributed by atoms with Gasteiger partial charge in [-0.3, -0.25) is 9.78 Å². The lowest BCUT2D eigenvalue weighted by Crippen LogP contribution is -2.11. The van der Waals surface area contributed by atoms with E-state index >= 15 is 0 Å². The first-order chi connectivity index (χ1) is 5.92. The molecule has 0 aromatic carbocycles. The molecule has 2 nitrogen and oxygen atoms in total. The molecule has 0 spiro atoms. The summed E-state index contributed by atoms with van der Waals surface area (Å²) in [5, 5.41) is 0. The van der Waals surface area contributed by atoms with Crippen molar-refractivity contribution in [2.45, 2.75) is 25.2 Å². The zero-order chi connectivity index (χ0) is 8.39. The lowest BCUT2D eigenvalue weighted by Gasteiger charge is -2.26. The third kappa shape index (κ3) is 1.13. The molecule has 0 atom stereocenters. The highest BCUT2D eigenvalue weighted by atomic mass is 16.1. The second-order valence-electron chi connectivity index (χ2n) is 3.22. The minimum absolute atomic E-state index is 0.596. The number of hydrogen-bond acceptors (Lipinski definition) is 2. The molecule has 2 rings (SSSR count). The molecular formula is C10H11NO. The Labute approximate surface area is 71.6 Å². The molecule has 0 saturated heterocycles. The number of carbonyl (C=O) groups excluding carboxylic acids is 1. The van der Waals surface area contributed by atoms with Gasteiger partial charge in [-0.15, -0.1) is 0 Å². The standard InChI is InChI=1S/C10H11NO/c12-7-10-9(5-2-6-11-10)8-3-1-4-8/h2,5-8H,1,3-4H2. The van der Waals surface area contributed by atoms with E-state index in [-0.39, 0.29) is 0 Å². The van der Waals surface area contributed by atoms with Gasteiger partial charge in [0.1, 0.15) is 5.69 Å². The zero-order valence-corrected chi connectivity index (χ0v) is 6.86. The van der Waals surface area contributed by atoms with E-state index in [1.807, 2.05) is 12.1 Å². The Morgan fingerprint density at radius 1 is 1.50 bits per heavy atom. The maximum absolute atomic E-state index is 10.6. The third-order valence-electron chi connectivity index (χ3n) is 2.53. The average Bonchev–Trinajstić information content (AvgIpc) is 2.02. The minimum Gasteiger partial charge on any atom is -0.296 e. The largest absolute Gasteiger partial charge is 0.296 e. The fraction of sp³-hybridized carbons (Fsp3) is 0.400. The molecule has 12 heavy (non-hydrogen) atoms. The fourth-order valence-electron chi connectivity index (χ4n) is 1.59. The summed E-state index contributed by atoms with van der Waals surface area (Å²) in [6, 6.07) is 3.92. The number of nitrogens with zero attached hydrogens (tertiary/aromatic N) is 1. The third-order valence-corrected chi connectivity index (χ3v) is 2.53. The molecule has 1 aliphatic rings. The summed E-state index contributed by atoms with van der Waals surface area (Å²) in [4.78, 5) is 14.6. The SMILES string of the molecule is O=Cc1ncccc1C1CCC1. The Morgan fingerprint density at radius 3 is 2.92 bits per heavy atom. The van der Waals surface area contributed by atoms with Crippen molar-refractivity contribution >= 4 is 6.29 Å². The van der Waals surface area contributed by atoms with E-state index in [2.05, 4.69) is 4.98 Å². The van der Waals surface area contributed by atoms with Gasteiger partial charge in [0.2, 0.25) is 0 Å². The molecule has 0 bridgehead atoms. The van der Waals surface area contributed by atoms with Crippen LogP contribution in [0.2, 0.25) is 0 Å². The molecular weight excluding hydrogens is 150 g/mol. The monoisotopic (exact) mass is 161 g/mol. The van der Waals surface area contributed by atoms with Gasteiger partial charge in [-0.25, -0.2) is 0 Å². The van der Waals surface area contributed by atoms with Gasteiger partial charge >= 0.3 is 0 Å². The van der Waals surface area contributed by atoms with Crippen molar-refractivity contribution in [2.24, 2.45) is 0 Å². The maximum atomic E-state index is 10.6. The summed E-state index contributed by atoms with van der Waals surface area (Å²) in [6.07, 6.45) is 6.25. The first-order valence-corrected chi connectivity index (χ1v) is 4.32. The summed E-state index contributed by atoms with van der Waals surface area (Å²) in [5.74, 6) is 0.596. The lowest BCUT2D eigenvalue weighted by molar-refractivity contribution is 0.111. The van der Waals surface area contributed by atoms with Crippen LogP contribution in [0.3, 0.4) is 0 Å². The van der Waals surface area contributed by atoms with Crippen molar-refractivity contribution < 1.29 is 4.79 Å². The topological polar surface area (TPSA) is 30.0 Å². The van der Waals surface area contributed by atoms with E-state index in [9.17, 15) is 4.79 Å². The van der Waals surface area contributed by atoms with Crippen molar-refractivity contribution in [3.63, 3.8) is 0 Å². The van der Waals surface area contributed by atoms with Gasteiger partial charge in [-0.05, 0) is 30.4 Å². The molecule has 1 heterocycles. The molecule has 1 saturated carbocycles. The van der Waals surface area contributed by atoms with Crippen LogP contribution >= 0.6 is 0 Å². The number of aldehydes is 1. The van der Waals surface area contributed by atoms with E-state index in [1.54, 1.807) is 6.20 Å². The molecule has 0 aliphatic heterocycles. The lowest BCUT2D eigenvalue weighted by atomic mass is 9.79. The van der Waals surface area contributed by atoms with Gasteiger partial charge < -0.3 is 0 Å². The van der Waals surface area contributed by atoms with Gasteiger partial charge in [-0.1, -0.05) is 12.5 Å². The second kappa shape index (κ2) is 3.05. The normalized spacial score (nSPS) is 17.0. The molecule has 2 heteroatoms. The van der Waals surface area contributed by atoms with Crippen LogP contribution in [0.1, 0.15) is 41.2 Å². The Balaban J connectivity index is 2.33. The zero-order valence-electron chi connectivity index (χ0n) is 6.86. The van der Waals surface area contributed by atoms with Crippen molar-refractivity contribution in [2.75, 3.05) is 0 Å². The number of aromatic nitrogens is 1. The Morgan fingerprint density at radius 2 is 2.33 bits per heavy atom. The number of hydrogen-bond donors (Lipinski definition) is 0. The smallest absolute Gasteiger partial charge is 0.168 e. The number of pyridine rings is 1. The van der Waals surface area contributed by atoms with E-state index in [1.165, 1.54) is 19.3 Å². The van der Waals surface area contributed by atoms with Crippen LogP contribution in [0.15, 0.2) is 18.3 Å². The molecule has 1 aromatic heterocycles. The molecule has 0 N–H and O–H groups in total. The van der Waals surface area contributed by atoms with Crippen LogP contribution in [0, 0.1) is 0 Å². The Bertz CT molecular complexity index is 292. The highest BCUT2D eigenvalue weighted by Gasteiger charge is 2.21. The van der Waals surface area contributed by atoms with Crippen molar-refractivity contribution in [3.8, 4) is 0 Å². The van der Waals surface area contributed by atoms with Crippen LogP contribution < -0.4 is 0 Å². The summed E-state index contributed by atoms with van der Waals surface area (Å²) in [7, 11) is 0. The molecule has 1 fully saturated rings. The molecule has 1 aromatic rings. The van der Waals surface area contributed by atoms with Gasteiger partial charge in [0.15, 0.2) is 6.29 Å².